The summed E-state index contributed by atoms with van der Waals surface area (Å²) in [5, 5.41) is 19.6. The molecule has 1 fully saturated rings. The number of hydrogen-bond donors (Lipinski definition) is 1. The van der Waals surface area contributed by atoms with Gasteiger partial charge in [-0.3, -0.25) is 10.1 Å². The molecular formula is C11H11NO6. The Labute approximate surface area is 102 Å². The molecule has 0 unspecified atom stereocenters. The van der Waals surface area contributed by atoms with Gasteiger partial charge in [0.2, 0.25) is 0 Å². The van der Waals surface area contributed by atoms with Crippen LogP contribution in [0.2, 0.25) is 0 Å². The lowest BCUT2D eigenvalue weighted by molar-refractivity contribution is -0.385. The van der Waals surface area contributed by atoms with Gasteiger partial charge in [-0.15, -0.1) is 0 Å². The SMILES string of the molecule is O=C(O)c1cc(O[C@H]2CCOC2)ccc1[N+](=O)[O-]. The van der Waals surface area contributed by atoms with Gasteiger partial charge in [0.1, 0.15) is 17.4 Å². The van der Waals surface area contributed by atoms with Crippen molar-refractivity contribution in [2.45, 2.75) is 12.5 Å². The van der Waals surface area contributed by atoms with E-state index in [1.165, 1.54) is 12.1 Å². The summed E-state index contributed by atoms with van der Waals surface area (Å²) in [7, 11) is 0. The maximum absolute atomic E-state index is 10.9. The lowest BCUT2D eigenvalue weighted by Gasteiger charge is -2.12. The zero-order valence-electron chi connectivity index (χ0n) is 9.37. The van der Waals surface area contributed by atoms with Crippen molar-refractivity contribution in [2.24, 2.45) is 0 Å². The summed E-state index contributed by atoms with van der Waals surface area (Å²) in [6, 6.07) is 3.69. The predicted octanol–water partition coefficient (Wildman–Crippen LogP) is 1.46. The van der Waals surface area contributed by atoms with E-state index in [9.17, 15) is 14.9 Å². The molecule has 1 aliphatic heterocycles. The number of carboxylic acids is 1. The second-order valence-corrected chi connectivity index (χ2v) is 3.84. The van der Waals surface area contributed by atoms with Crippen LogP contribution in [0.5, 0.6) is 5.75 Å². The summed E-state index contributed by atoms with van der Waals surface area (Å²) < 4.78 is 10.6. The number of nitro benzene ring substituents is 1. The summed E-state index contributed by atoms with van der Waals surface area (Å²) in [6.07, 6.45) is 0.590. The number of nitro groups is 1. The molecule has 1 heterocycles. The second-order valence-electron chi connectivity index (χ2n) is 3.84. The van der Waals surface area contributed by atoms with Gasteiger partial charge in [-0.1, -0.05) is 0 Å². The van der Waals surface area contributed by atoms with Gasteiger partial charge < -0.3 is 14.6 Å². The van der Waals surface area contributed by atoms with Gasteiger partial charge in [-0.2, -0.15) is 0 Å². The molecular weight excluding hydrogens is 242 g/mol. The fraction of sp³-hybridized carbons (Fsp3) is 0.364. The topological polar surface area (TPSA) is 98.9 Å². The maximum atomic E-state index is 10.9. The van der Waals surface area contributed by atoms with Crippen LogP contribution >= 0.6 is 0 Å². The monoisotopic (exact) mass is 253 g/mol. The van der Waals surface area contributed by atoms with Crippen molar-refractivity contribution in [3.63, 3.8) is 0 Å². The number of rotatable bonds is 4. The fourth-order valence-corrected chi connectivity index (χ4v) is 1.72. The largest absolute Gasteiger partial charge is 0.488 e. The van der Waals surface area contributed by atoms with E-state index in [0.29, 0.717) is 19.0 Å². The molecule has 96 valence electrons. The molecule has 0 radical (unpaired) electrons. The molecule has 1 aliphatic rings. The highest BCUT2D eigenvalue weighted by Gasteiger charge is 2.22. The molecule has 0 bridgehead atoms. The number of benzene rings is 1. The minimum atomic E-state index is -1.35. The molecule has 1 aromatic rings. The summed E-state index contributed by atoms with van der Waals surface area (Å²) in [6.45, 7) is 1.04. The molecule has 7 heteroatoms. The third-order valence-corrected chi connectivity index (χ3v) is 2.59. The third-order valence-electron chi connectivity index (χ3n) is 2.59. The van der Waals surface area contributed by atoms with Crippen LogP contribution in [-0.4, -0.2) is 35.3 Å². The minimum absolute atomic E-state index is 0.131. The molecule has 1 aromatic carbocycles. The van der Waals surface area contributed by atoms with E-state index in [0.717, 1.165) is 12.5 Å². The number of carboxylic acid groups (broad SMARTS) is 1. The Hall–Kier alpha value is -2.15. The Morgan fingerprint density at radius 1 is 1.56 bits per heavy atom. The van der Waals surface area contributed by atoms with Crippen LogP contribution in [-0.2, 0) is 4.74 Å². The molecule has 1 atom stereocenters. The molecule has 1 N–H and O–H groups in total. The summed E-state index contributed by atoms with van der Waals surface area (Å²) in [5.74, 6) is -1.05. The number of nitrogens with zero attached hydrogens (tertiary/aromatic N) is 1. The van der Waals surface area contributed by atoms with E-state index in [-0.39, 0.29) is 11.7 Å². The Morgan fingerprint density at radius 2 is 2.33 bits per heavy atom. The molecule has 18 heavy (non-hydrogen) atoms. The van der Waals surface area contributed by atoms with Crippen LogP contribution in [0.3, 0.4) is 0 Å². The van der Waals surface area contributed by atoms with Crippen LogP contribution in [0, 0.1) is 10.1 Å². The van der Waals surface area contributed by atoms with Crippen LogP contribution in [0.15, 0.2) is 18.2 Å². The fourth-order valence-electron chi connectivity index (χ4n) is 1.72. The smallest absolute Gasteiger partial charge is 0.342 e. The van der Waals surface area contributed by atoms with Crippen LogP contribution in [0.1, 0.15) is 16.8 Å². The molecule has 1 saturated heterocycles. The summed E-state index contributed by atoms with van der Waals surface area (Å²) in [4.78, 5) is 20.9. The predicted molar refractivity (Wildman–Crippen MR) is 59.9 cm³/mol. The van der Waals surface area contributed by atoms with Gasteiger partial charge >= 0.3 is 5.97 Å². The van der Waals surface area contributed by atoms with Crippen molar-refractivity contribution >= 4 is 11.7 Å². The molecule has 2 rings (SSSR count). The van der Waals surface area contributed by atoms with Crippen molar-refractivity contribution in [2.75, 3.05) is 13.2 Å². The van der Waals surface area contributed by atoms with Gasteiger partial charge in [0, 0.05) is 18.6 Å². The minimum Gasteiger partial charge on any atom is -0.488 e. The Balaban J connectivity index is 2.24. The number of carbonyl (C=O) groups is 1. The van der Waals surface area contributed by atoms with Crippen molar-refractivity contribution < 1.29 is 24.3 Å². The first-order chi connectivity index (χ1) is 8.58. The molecule has 0 aromatic heterocycles. The summed E-state index contributed by atoms with van der Waals surface area (Å²) in [5.41, 5.74) is -0.825. The first-order valence-corrected chi connectivity index (χ1v) is 5.34. The number of aromatic carboxylic acids is 1. The quantitative estimate of drug-likeness (QED) is 0.644. The average Bonchev–Trinajstić information content (AvgIpc) is 2.81. The first kappa shape index (κ1) is 12.3. The maximum Gasteiger partial charge on any atom is 0.342 e. The van der Waals surface area contributed by atoms with Crippen LogP contribution < -0.4 is 4.74 Å². The Morgan fingerprint density at radius 3 is 2.89 bits per heavy atom. The van der Waals surface area contributed by atoms with Crippen LogP contribution in [0.4, 0.5) is 5.69 Å². The lowest BCUT2D eigenvalue weighted by Crippen LogP contribution is -2.16. The van der Waals surface area contributed by atoms with Gasteiger partial charge in [0.15, 0.2) is 0 Å². The summed E-state index contributed by atoms with van der Waals surface area (Å²) >= 11 is 0. The molecule has 7 nitrogen and oxygen atoms in total. The number of hydrogen-bond acceptors (Lipinski definition) is 5. The first-order valence-electron chi connectivity index (χ1n) is 5.34. The Bertz CT molecular complexity index is 480. The zero-order chi connectivity index (χ0) is 13.1. The van der Waals surface area contributed by atoms with E-state index < -0.39 is 16.6 Å². The highest BCUT2D eigenvalue weighted by atomic mass is 16.6. The van der Waals surface area contributed by atoms with Crippen LogP contribution in [0.25, 0.3) is 0 Å². The van der Waals surface area contributed by atoms with Gasteiger partial charge in [-0.05, 0) is 6.07 Å². The van der Waals surface area contributed by atoms with E-state index in [4.69, 9.17) is 14.6 Å². The van der Waals surface area contributed by atoms with E-state index in [2.05, 4.69) is 0 Å². The normalized spacial score (nSPS) is 18.6. The van der Waals surface area contributed by atoms with E-state index >= 15 is 0 Å². The number of ether oxygens (including phenoxy) is 2. The van der Waals surface area contributed by atoms with Crippen molar-refractivity contribution in [1.82, 2.24) is 0 Å². The van der Waals surface area contributed by atoms with Crippen molar-refractivity contribution in [3.8, 4) is 5.75 Å². The van der Waals surface area contributed by atoms with Gasteiger partial charge in [-0.25, -0.2) is 4.79 Å². The lowest BCUT2D eigenvalue weighted by atomic mass is 10.1. The Kier molecular flexibility index (Phi) is 3.42. The van der Waals surface area contributed by atoms with E-state index in [1.807, 2.05) is 0 Å². The van der Waals surface area contributed by atoms with Crippen molar-refractivity contribution in [1.29, 1.82) is 0 Å². The van der Waals surface area contributed by atoms with Gasteiger partial charge in [0.25, 0.3) is 5.69 Å². The van der Waals surface area contributed by atoms with Gasteiger partial charge in [0.05, 0.1) is 18.1 Å². The highest BCUT2D eigenvalue weighted by molar-refractivity contribution is 5.92. The zero-order valence-corrected chi connectivity index (χ0v) is 9.37. The molecule has 0 spiro atoms. The standard InChI is InChI=1S/C11H11NO6/c13-11(14)9-5-7(1-2-10(9)12(15)16)18-8-3-4-17-6-8/h1-2,5,8H,3-4,6H2,(H,13,14)/t8-/m0/s1. The third kappa shape index (κ3) is 2.57. The molecule has 0 amide bonds. The van der Waals surface area contributed by atoms with E-state index in [1.54, 1.807) is 0 Å². The molecule has 0 saturated carbocycles. The molecule has 0 aliphatic carbocycles. The van der Waals surface area contributed by atoms with Crippen molar-refractivity contribution in [3.05, 3.63) is 33.9 Å². The second kappa shape index (κ2) is 5.01. The highest BCUT2D eigenvalue weighted by Crippen LogP contribution is 2.25. The average molecular weight is 253 g/mol.